The average Bonchev–Trinajstić information content (AvgIpc) is 2.93. The van der Waals surface area contributed by atoms with Gasteiger partial charge in [0.05, 0.1) is 24.0 Å². The number of aliphatic hydroxyl groups excluding tert-OH is 2. The summed E-state index contributed by atoms with van der Waals surface area (Å²) in [5.41, 5.74) is -1.56. The maximum Gasteiger partial charge on any atom is 0.192 e. The topological polar surface area (TPSA) is 98.9 Å². The van der Waals surface area contributed by atoms with Gasteiger partial charge in [-0.1, -0.05) is 11.8 Å². The van der Waals surface area contributed by atoms with Crippen LogP contribution >= 0.6 is 11.8 Å². The molecule has 0 unspecified atom stereocenters. The Bertz CT molecular complexity index is 463. The average molecular weight is 271 g/mol. The standard InChI is InChI=1S/C10H13N3O4S/c14-2-6-8(15)10(16,3-17-6)13-5-18-7-1-11-4-12-9(7)13/h1,4,6,8,14-16H,2-3,5H2/t6-,8-,10-/m1/s1. The lowest BCUT2D eigenvalue weighted by molar-refractivity contribution is -0.0546. The molecule has 8 heteroatoms. The summed E-state index contributed by atoms with van der Waals surface area (Å²) in [4.78, 5) is 10.5. The minimum atomic E-state index is -1.56. The van der Waals surface area contributed by atoms with Crippen LogP contribution in [-0.2, 0) is 4.74 Å². The van der Waals surface area contributed by atoms with Gasteiger partial charge in [0.1, 0.15) is 24.4 Å². The number of rotatable bonds is 2. The van der Waals surface area contributed by atoms with Gasteiger partial charge >= 0.3 is 0 Å². The molecule has 3 N–H and O–H groups in total. The van der Waals surface area contributed by atoms with Crippen LogP contribution in [0.2, 0.25) is 0 Å². The molecule has 98 valence electrons. The lowest BCUT2D eigenvalue weighted by Gasteiger charge is -2.35. The number of hydrogen-bond acceptors (Lipinski definition) is 8. The van der Waals surface area contributed by atoms with Crippen LogP contribution in [0.25, 0.3) is 0 Å². The summed E-state index contributed by atoms with van der Waals surface area (Å²) in [5.74, 6) is 1.04. The van der Waals surface area contributed by atoms with Gasteiger partial charge in [-0.3, -0.25) is 0 Å². The first-order valence-corrected chi connectivity index (χ1v) is 6.48. The normalized spacial score (nSPS) is 34.9. The van der Waals surface area contributed by atoms with E-state index in [1.807, 2.05) is 0 Å². The van der Waals surface area contributed by atoms with Gasteiger partial charge < -0.3 is 25.0 Å². The molecular formula is C10H13N3O4S. The van der Waals surface area contributed by atoms with Gasteiger partial charge in [0, 0.05) is 6.20 Å². The number of aromatic nitrogens is 2. The second-order valence-corrected chi connectivity index (χ2v) is 5.25. The van der Waals surface area contributed by atoms with Crippen LogP contribution in [0, 0.1) is 0 Å². The fraction of sp³-hybridized carbons (Fsp3) is 0.600. The predicted molar refractivity (Wildman–Crippen MR) is 63.0 cm³/mol. The van der Waals surface area contributed by atoms with Crippen molar-refractivity contribution in [3.8, 4) is 0 Å². The third-order valence-corrected chi connectivity index (χ3v) is 4.23. The molecule has 2 aliphatic heterocycles. The third-order valence-electron chi connectivity index (χ3n) is 3.25. The van der Waals surface area contributed by atoms with Crippen molar-refractivity contribution in [3.05, 3.63) is 12.5 Å². The molecule has 2 aliphatic rings. The first-order chi connectivity index (χ1) is 8.66. The molecule has 3 rings (SSSR count). The molecule has 18 heavy (non-hydrogen) atoms. The molecule has 1 aromatic rings. The fourth-order valence-electron chi connectivity index (χ4n) is 2.20. The number of nitrogens with zero attached hydrogens (tertiary/aromatic N) is 3. The van der Waals surface area contributed by atoms with E-state index in [4.69, 9.17) is 9.84 Å². The van der Waals surface area contributed by atoms with Crippen LogP contribution in [0.4, 0.5) is 5.82 Å². The zero-order valence-electron chi connectivity index (χ0n) is 9.43. The van der Waals surface area contributed by atoms with Crippen molar-refractivity contribution in [2.75, 3.05) is 24.0 Å². The van der Waals surface area contributed by atoms with Gasteiger partial charge in [-0.2, -0.15) is 0 Å². The Kier molecular flexibility index (Phi) is 2.91. The van der Waals surface area contributed by atoms with Gasteiger partial charge in [0.25, 0.3) is 0 Å². The highest BCUT2D eigenvalue weighted by atomic mass is 32.2. The smallest absolute Gasteiger partial charge is 0.192 e. The number of fused-ring (bicyclic) bond motifs is 1. The van der Waals surface area contributed by atoms with E-state index < -0.39 is 17.9 Å². The van der Waals surface area contributed by atoms with E-state index in [9.17, 15) is 10.2 Å². The van der Waals surface area contributed by atoms with Crippen molar-refractivity contribution >= 4 is 17.6 Å². The molecule has 0 bridgehead atoms. The molecule has 1 aromatic heterocycles. The summed E-state index contributed by atoms with van der Waals surface area (Å²) in [6.45, 7) is -0.398. The maximum absolute atomic E-state index is 10.6. The number of aliphatic hydroxyl groups is 3. The summed E-state index contributed by atoms with van der Waals surface area (Å²) in [6, 6.07) is 0. The third kappa shape index (κ3) is 1.61. The Morgan fingerprint density at radius 1 is 1.61 bits per heavy atom. The van der Waals surface area contributed by atoms with Gasteiger partial charge in [-0.25, -0.2) is 9.97 Å². The van der Waals surface area contributed by atoms with Crippen LogP contribution < -0.4 is 4.90 Å². The van der Waals surface area contributed by atoms with E-state index in [-0.39, 0.29) is 13.2 Å². The van der Waals surface area contributed by atoms with Crippen LogP contribution in [0.15, 0.2) is 17.4 Å². The molecule has 1 saturated heterocycles. The Morgan fingerprint density at radius 2 is 2.44 bits per heavy atom. The van der Waals surface area contributed by atoms with Crippen molar-refractivity contribution in [1.29, 1.82) is 0 Å². The second-order valence-electron chi connectivity index (χ2n) is 4.27. The van der Waals surface area contributed by atoms with Crippen LogP contribution in [0.1, 0.15) is 0 Å². The zero-order valence-corrected chi connectivity index (χ0v) is 10.2. The monoisotopic (exact) mass is 271 g/mol. The summed E-state index contributed by atoms with van der Waals surface area (Å²) >= 11 is 1.48. The molecule has 1 fully saturated rings. The van der Waals surface area contributed by atoms with Gasteiger partial charge in [0.15, 0.2) is 5.72 Å². The first kappa shape index (κ1) is 12.1. The number of hydrogen-bond donors (Lipinski definition) is 3. The Morgan fingerprint density at radius 3 is 3.17 bits per heavy atom. The van der Waals surface area contributed by atoms with E-state index in [1.54, 1.807) is 11.1 Å². The SMILES string of the molecule is OC[C@H]1OC[C@](O)(N2CSc3cncnc32)[C@@H]1O. The predicted octanol–water partition coefficient (Wildman–Crippen LogP) is -1.21. The summed E-state index contributed by atoms with van der Waals surface area (Å²) in [5, 5.41) is 29.7. The molecule has 0 radical (unpaired) electrons. The summed E-state index contributed by atoms with van der Waals surface area (Å²) in [6.07, 6.45) is 1.12. The fourth-order valence-corrected chi connectivity index (χ4v) is 3.24. The molecule has 0 aliphatic carbocycles. The highest BCUT2D eigenvalue weighted by Crippen LogP contribution is 2.42. The molecular weight excluding hydrogens is 258 g/mol. The van der Waals surface area contributed by atoms with Crippen molar-refractivity contribution in [1.82, 2.24) is 9.97 Å². The number of thioether (sulfide) groups is 1. The number of ether oxygens (including phenoxy) is 1. The quantitative estimate of drug-likeness (QED) is 0.616. The van der Waals surface area contributed by atoms with E-state index in [0.717, 1.165) is 4.90 Å². The minimum Gasteiger partial charge on any atom is -0.394 e. The molecule has 0 amide bonds. The molecule has 0 spiro atoms. The molecule has 0 saturated carbocycles. The molecule has 7 nitrogen and oxygen atoms in total. The van der Waals surface area contributed by atoms with E-state index in [1.165, 1.54) is 18.1 Å². The number of anilines is 1. The minimum absolute atomic E-state index is 0.0661. The van der Waals surface area contributed by atoms with Crippen molar-refractivity contribution in [3.63, 3.8) is 0 Å². The van der Waals surface area contributed by atoms with Crippen LogP contribution in [0.5, 0.6) is 0 Å². The van der Waals surface area contributed by atoms with Crippen molar-refractivity contribution in [2.45, 2.75) is 22.8 Å². The molecule has 3 heterocycles. The van der Waals surface area contributed by atoms with Crippen molar-refractivity contribution < 1.29 is 20.1 Å². The summed E-state index contributed by atoms with van der Waals surface area (Å²) in [7, 11) is 0. The van der Waals surface area contributed by atoms with Crippen molar-refractivity contribution in [2.24, 2.45) is 0 Å². The van der Waals surface area contributed by atoms with Gasteiger partial charge in [-0.15, -0.1) is 0 Å². The Hall–Kier alpha value is -0.930. The van der Waals surface area contributed by atoms with E-state index >= 15 is 0 Å². The highest BCUT2D eigenvalue weighted by Gasteiger charge is 2.53. The van der Waals surface area contributed by atoms with E-state index in [0.29, 0.717) is 11.7 Å². The first-order valence-electron chi connectivity index (χ1n) is 5.50. The second kappa shape index (κ2) is 4.32. The molecule has 3 atom stereocenters. The lowest BCUT2D eigenvalue weighted by Crippen LogP contribution is -2.57. The zero-order chi connectivity index (χ0) is 12.8. The maximum atomic E-state index is 10.6. The Balaban J connectivity index is 1.93. The largest absolute Gasteiger partial charge is 0.394 e. The van der Waals surface area contributed by atoms with Gasteiger partial charge in [0.2, 0.25) is 0 Å². The summed E-state index contributed by atoms with van der Waals surface area (Å²) < 4.78 is 5.21. The van der Waals surface area contributed by atoms with Crippen LogP contribution in [-0.4, -0.2) is 62.3 Å². The lowest BCUT2D eigenvalue weighted by atomic mass is 10.0. The highest BCUT2D eigenvalue weighted by molar-refractivity contribution is 7.99. The van der Waals surface area contributed by atoms with Crippen LogP contribution in [0.3, 0.4) is 0 Å². The Labute approximate surface area is 107 Å². The molecule has 0 aromatic carbocycles. The van der Waals surface area contributed by atoms with E-state index in [2.05, 4.69) is 9.97 Å². The van der Waals surface area contributed by atoms with Gasteiger partial charge in [-0.05, 0) is 0 Å².